The molecule has 2 atom stereocenters. The van der Waals surface area contributed by atoms with Crippen LogP contribution in [-0.2, 0) is 20.4 Å². The molecule has 1 aromatic carbocycles. The summed E-state index contributed by atoms with van der Waals surface area (Å²) >= 11 is 0. The number of hydrogen-bond acceptors (Lipinski definition) is 6. The van der Waals surface area contributed by atoms with E-state index in [1.807, 2.05) is 0 Å². The molecule has 1 aliphatic heterocycles. The van der Waals surface area contributed by atoms with Crippen molar-refractivity contribution < 1.29 is 27.4 Å². The molecule has 1 fully saturated rings. The van der Waals surface area contributed by atoms with Gasteiger partial charge in [0, 0.05) is 12.1 Å². The van der Waals surface area contributed by atoms with E-state index in [2.05, 4.69) is 27.1 Å². The van der Waals surface area contributed by atoms with Crippen LogP contribution < -0.4 is 5.32 Å². The molecule has 0 spiro atoms. The maximum absolute atomic E-state index is 12.7. The lowest BCUT2D eigenvalue weighted by atomic mass is 10.1. The number of halogens is 3. The van der Waals surface area contributed by atoms with Crippen molar-refractivity contribution in [1.29, 1.82) is 0 Å². The third-order valence-electron chi connectivity index (χ3n) is 4.65. The summed E-state index contributed by atoms with van der Waals surface area (Å²) in [7, 11) is 1.32. The van der Waals surface area contributed by atoms with Gasteiger partial charge in [0.25, 0.3) is 0 Å². The van der Waals surface area contributed by atoms with Crippen LogP contribution in [0.1, 0.15) is 35.2 Å². The average Bonchev–Trinajstić information content (AvgIpc) is 3.19. The topological polar surface area (TPSA) is 73.3 Å². The molecule has 1 aromatic heterocycles. The van der Waals surface area contributed by atoms with Gasteiger partial charge in [-0.1, -0.05) is 11.8 Å². The molecule has 0 radical (unpaired) electrons. The van der Waals surface area contributed by atoms with E-state index in [0.29, 0.717) is 42.0 Å². The zero-order valence-corrected chi connectivity index (χ0v) is 16.4. The van der Waals surface area contributed by atoms with Gasteiger partial charge in [0.05, 0.1) is 30.0 Å². The highest BCUT2D eigenvalue weighted by atomic mass is 19.4. The fraction of sp³-hybridized carbons (Fsp3) is 0.381. The van der Waals surface area contributed by atoms with Crippen LogP contribution in [0.5, 0.6) is 0 Å². The highest BCUT2D eigenvalue weighted by Gasteiger charge is 2.31. The number of anilines is 1. The Hall–Kier alpha value is -3.12. The van der Waals surface area contributed by atoms with E-state index in [0.717, 1.165) is 12.1 Å². The van der Waals surface area contributed by atoms with Crippen molar-refractivity contribution >= 4 is 11.8 Å². The summed E-state index contributed by atoms with van der Waals surface area (Å²) in [5.74, 6) is 5.88. The smallest absolute Gasteiger partial charge is 0.416 e. The van der Waals surface area contributed by atoms with Gasteiger partial charge in [-0.15, -0.1) is 0 Å². The summed E-state index contributed by atoms with van der Waals surface area (Å²) < 4.78 is 48.4. The number of hydrogen-bond donors (Lipinski definition) is 1. The lowest BCUT2D eigenvalue weighted by Crippen LogP contribution is -2.26. The molecule has 2 heterocycles. The van der Waals surface area contributed by atoms with E-state index >= 15 is 0 Å². The Balaban J connectivity index is 1.70. The van der Waals surface area contributed by atoms with Gasteiger partial charge in [-0.05, 0) is 44.0 Å². The maximum Gasteiger partial charge on any atom is 0.416 e. The average molecular weight is 419 g/mol. The number of nitrogens with one attached hydrogen (secondary N) is 1. The van der Waals surface area contributed by atoms with Crippen molar-refractivity contribution in [2.75, 3.05) is 19.0 Å². The van der Waals surface area contributed by atoms with E-state index in [1.165, 1.54) is 25.6 Å². The molecule has 3 rings (SSSR count). The first kappa shape index (κ1) is 21.6. The summed E-state index contributed by atoms with van der Waals surface area (Å²) in [5.41, 5.74) is 0.889. The third-order valence-corrected chi connectivity index (χ3v) is 4.65. The highest BCUT2D eigenvalue weighted by molar-refractivity contribution is 5.74. The molecular formula is C21H20F3N3O3. The van der Waals surface area contributed by atoms with E-state index in [-0.39, 0.29) is 6.10 Å². The van der Waals surface area contributed by atoms with Crippen molar-refractivity contribution in [3.8, 4) is 11.8 Å². The van der Waals surface area contributed by atoms with Crippen LogP contribution >= 0.6 is 0 Å². The Morgan fingerprint density at radius 3 is 2.63 bits per heavy atom. The fourth-order valence-electron chi connectivity index (χ4n) is 3.01. The molecule has 158 valence electrons. The monoisotopic (exact) mass is 419 g/mol. The largest absolute Gasteiger partial charge is 0.467 e. The molecule has 9 heteroatoms. The Labute approximate surface area is 171 Å². The second-order valence-electron chi connectivity index (χ2n) is 6.74. The molecule has 0 amide bonds. The Morgan fingerprint density at radius 1 is 1.23 bits per heavy atom. The molecule has 30 heavy (non-hydrogen) atoms. The van der Waals surface area contributed by atoms with E-state index in [9.17, 15) is 18.0 Å². The van der Waals surface area contributed by atoms with Crippen LogP contribution in [-0.4, -0.2) is 41.8 Å². The van der Waals surface area contributed by atoms with Gasteiger partial charge in [0.15, 0.2) is 6.10 Å². The van der Waals surface area contributed by atoms with Crippen molar-refractivity contribution in [3.63, 3.8) is 0 Å². The lowest BCUT2D eigenvalue weighted by molar-refractivity contribution is -0.152. The molecule has 6 nitrogen and oxygen atoms in total. The number of nitrogens with zero attached hydrogens (tertiary/aromatic N) is 2. The lowest BCUT2D eigenvalue weighted by Gasteiger charge is -2.14. The number of carbonyl (C=O) groups is 1. The number of ether oxygens (including phenoxy) is 2. The molecule has 0 aliphatic carbocycles. The van der Waals surface area contributed by atoms with Crippen LogP contribution in [0.25, 0.3) is 0 Å². The third kappa shape index (κ3) is 5.27. The number of methoxy groups -OCH3 is 1. The van der Waals surface area contributed by atoms with E-state index in [1.54, 1.807) is 6.92 Å². The second-order valence-corrected chi connectivity index (χ2v) is 6.74. The van der Waals surface area contributed by atoms with E-state index < -0.39 is 23.8 Å². The summed E-state index contributed by atoms with van der Waals surface area (Å²) in [5, 5.41) is 3.16. The van der Waals surface area contributed by atoms with Gasteiger partial charge >= 0.3 is 12.1 Å². The summed E-state index contributed by atoms with van der Waals surface area (Å²) in [6, 6.07) is 4.63. The number of alkyl halides is 3. The van der Waals surface area contributed by atoms with Crippen molar-refractivity contribution in [1.82, 2.24) is 9.97 Å². The van der Waals surface area contributed by atoms with Crippen molar-refractivity contribution in [3.05, 3.63) is 53.0 Å². The maximum atomic E-state index is 12.7. The number of rotatable bonds is 4. The summed E-state index contributed by atoms with van der Waals surface area (Å²) in [4.78, 5) is 19.9. The standard InChI is InChI=1S/C21H20F3N3O3/c1-13-17(9-5-14-3-6-15(7-4-14)21(22,23)24)19(27-12-26-13)25-11-16-8-10-18(30-16)20(28)29-2/h3-4,6-7,12,16,18H,8,10-11H2,1-2H3,(H,25,26,27). The molecule has 1 saturated heterocycles. The fourth-order valence-corrected chi connectivity index (χ4v) is 3.01. The van der Waals surface area contributed by atoms with Gasteiger partial charge in [-0.3, -0.25) is 0 Å². The summed E-state index contributed by atoms with van der Waals surface area (Å²) in [6.45, 7) is 2.18. The van der Waals surface area contributed by atoms with Gasteiger partial charge in [0.2, 0.25) is 0 Å². The minimum atomic E-state index is -4.39. The Bertz CT molecular complexity index is 965. The molecular weight excluding hydrogens is 399 g/mol. The minimum absolute atomic E-state index is 0.180. The first-order valence-electron chi connectivity index (χ1n) is 9.26. The second kappa shape index (κ2) is 9.13. The molecule has 1 N–H and O–H groups in total. The SMILES string of the molecule is COC(=O)C1CCC(CNc2ncnc(C)c2C#Cc2ccc(C(F)(F)F)cc2)O1. The number of benzene rings is 1. The first-order valence-corrected chi connectivity index (χ1v) is 9.26. The van der Waals surface area contributed by atoms with Crippen molar-refractivity contribution in [2.24, 2.45) is 0 Å². The number of esters is 1. The normalized spacial score (nSPS) is 18.4. The van der Waals surface area contributed by atoms with Gasteiger partial charge in [0.1, 0.15) is 12.1 Å². The van der Waals surface area contributed by atoms with Crippen LogP contribution in [0.15, 0.2) is 30.6 Å². The molecule has 2 unspecified atom stereocenters. The molecule has 2 aromatic rings. The number of aryl methyl sites for hydroxylation is 1. The predicted molar refractivity (Wildman–Crippen MR) is 103 cm³/mol. The van der Waals surface area contributed by atoms with Crippen LogP contribution in [0.2, 0.25) is 0 Å². The molecule has 0 bridgehead atoms. The Kier molecular flexibility index (Phi) is 6.57. The minimum Gasteiger partial charge on any atom is -0.467 e. The molecule has 1 aliphatic rings. The van der Waals surface area contributed by atoms with E-state index in [4.69, 9.17) is 9.47 Å². The number of carbonyl (C=O) groups excluding carboxylic acids is 1. The van der Waals surface area contributed by atoms with Crippen LogP contribution in [0, 0.1) is 18.8 Å². The van der Waals surface area contributed by atoms with Gasteiger partial charge in [-0.25, -0.2) is 14.8 Å². The summed E-state index contributed by atoms with van der Waals surface area (Å²) in [6.07, 6.45) is -2.45. The number of aromatic nitrogens is 2. The molecule has 0 saturated carbocycles. The van der Waals surface area contributed by atoms with Crippen LogP contribution in [0.3, 0.4) is 0 Å². The highest BCUT2D eigenvalue weighted by Crippen LogP contribution is 2.29. The van der Waals surface area contributed by atoms with Gasteiger partial charge in [-0.2, -0.15) is 13.2 Å². The predicted octanol–water partition coefficient (Wildman–Crippen LogP) is 3.34. The zero-order valence-electron chi connectivity index (χ0n) is 16.4. The Morgan fingerprint density at radius 2 is 1.97 bits per heavy atom. The zero-order chi connectivity index (χ0) is 21.7. The quantitative estimate of drug-likeness (QED) is 0.605. The van der Waals surface area contributed by atoms with Crippen molar-refractivity contribution in [2.45, 2.75) is 38.1 Å². The first-order chi connectivity index (χ1) is 14.3. The van der Waals surface area contributed by atoms with Crippen LogP contribution in [0.4, 0.5) is 19.0 Å². The van der Waals surface area contributed by atoms with Gasteiger partial charge < -0.3 is 14.8 Å².